The van der Waals surface area contributed by atoms with Crippen LogP contribution in [0.1, 0.15) is 23.6 Å². The maximum atomic E-state index is 13.3. The third-order valence-electron chi connectivity index (χ3n) is 4.24. The van der Waals surface area contributed by atoms with Gasteiger partial charge < -0.3 is 10.1 Å². The van der Waals surface area contributed by atoms with Crippen LogP contribution in [0, 0.1) is 20.8 Å². The molecule has 30 heavy (non-hydrogen) atoms. The predicted octanol–water partition coefficient (Wildman–Crippen LogP) is 2.75. The van der Waals surface area contributed by atoms with Crippen LogP contribution >= 0.6 is 0 Å². The molecular formula is C19H25N3O6S2. The summed E-state index contributed by atoms with van der Waals surface area (Å²) < 4.78 is 60.0. The highest BCUT2D eigenvalue weighted by Crippen LogP contribution is 2.34. The molecule has 11 heteroatoms. The first-order valence-electron chi connectivity index (χ1n) is 8.82. The van der Waals surface area contributed by atoms with Crippen LogP contribution in [0.25, 0.3) is 0 Å². The molecule has 3 N–H and O–H groups in total. The molecule has 2 aromatic rings. The van der Waals surface area contributed by atoms with E-state index in [1.54, 1.807) is 26.0 Å². The molecule has 164 valence electrons. The van der Waals surface area contributed by atoms with E-state index in [1.165, 1.54) is 33.1 Å². The minimum absolute atomic E-state index is 0.0594. The summed E-state index contributed by atoms with van der Waals surface area (Å²) in [5, 5.41) is 2.57. The molecule has 0 fully saturated rings. The number of sulfonamides is 2. The molecule has 0 bridgehead atoms. The molecule has 0 aliphatic rings. The van der Waals surface area contributed by atoms with Crippen LogP contribution in [0.5, 0.6) is 5.75 Å². The Labute approximate surface area is 176 Å². The van der Waals surface area contributed by atoms with E-state index in [4.69, 9.17) is 4.74 Å². The molecule has 0 radical (unpaired) electrons. The average Bonchev–Trinajstić information content (AvgIpc) is 2.58. The van der Waals surface area contributed by atoms with Crippen LogP contribution in [-0.4, -0.2) is 36.1 Å². The molecule has 0 saturated heterocycles. The number of anilines is 3. The molecular weight excluding hydrogens is 430 g/mol. The number of aryl methyl sites for hydroxylation is 2. The quantitative estimate of drug-likeness (QED) is 0.588. The maximum absolute atomic E-state index is 13.3. The van der Waals surface area contributed by atoms with Crippen LogP contribution in [-0.2, 0) is 24.8 Å². The maximum Gasteiger partial charge on any atom is 0.262 e. The van der Waals surface area contributed by atoms with Crippen molar-refractivity contribution in [2.45, 2.75) is 32.6 Å². The minimum Gasteiger partial charge on any atom is -0.497 e. The molecule has 0 aliphatic carbocycles. The molecule has 0 heterocycles. The van der Waals surface area contributed by atoms with Crippen LogP contribution < -0.4 is 19.5 Å². The second kappa shape index (κ2) is 8.52. The molecule has 0 aliphatic heterocycles. The number of rotatable bonds is 7. The number of carbonyl (C=O) groups excluding carboxylic acids is 1. The lowest BCUT2D eigenvalue weighted by molar-refractivity contribution is -0.114. The molecule has 1 amide bonds. The molecule has 2 rings (SSSR count). The Bertz CT molecular complexity index is 1210. The number of amides is 1. The Morgan fingerprint density at radius 2 is 1.57 bits per heavy atom. The Morgan fingerprint density at radius 3 is 2.10 bits per heavy atom. The molecule has 2 aromatic carbocycles. The van der Waals surface area contributed by atoms with Gasteiger partial charge in [-0.2, -0.15) is 0 Å². The van der Waals surface area contributed by atoms with E-state index in [0.29, 0.717) is 16.9 Å². The normalized spacial score (nSPS) is 11.7. The highest BCUT2D eigenvalue weighted by molar-refractivity contribution is 7.93. The van der Waals surface area contributed by atoms with E-state index in [2.05, 4.69) is 14.8 Å². The Kier molecular flexibility index (Phi) is 6.67. The molecule has 0 unspecified atom stereocenters. The summed E-state index contributed by atoms with van der Waals surface area (Å²) >= 11 is 0. The van der Waals surface area contributed by atoms with Crippen molar-refractivity contribution in [3.8, 4) is 5.75 Å². The van der Waals surface area contributed by atoms with Gasteiger partial charge in [0.2, 0.25) is 15.9 Å². The van der Waals surface area contributed by atoms with Gasteiger partial charge in [0.15, 0.2) is 0 Å². The minimum atomic E-state index is -4.14. The molecule has 9 nitrogen and oxygen atoms in total. The first-order chi connectivity index (χ1) is 13.7. The number of methoxy groups -OCH3 is 1. The van der Waals surface area contributed by atoms with Gasteiger partial charge in [-0.05, 0) is 49.6 Å². The van der Waals surface area contributed by atoms with E-state index >= 15 is 0 Å². The van der Waals surface area contributed by atoms with Crippen LogP contribution in [0.3, 0.4) is 0 Å². The molecule has 0 aromatic heterocycles. The van der Waals surface area contributed by atoms with Crippen molar-refractivity contribution in [1.82, 2.24) is 0 Å². The van der Waals surface area contributed by atoms with Crippen molar-refractivity contribution in [1.29, 1.82) is 0 Å². The summed E-state index contributed by atoms with van der Waals surface area (Å²) in [6.45, 7) is 6.15. The van der Waals surface area contributed by atoms with Gasteiger partial charge in [0, 0.05) is 13.0 Å². The monoisotopic (exact) mass is 455 g/mol. The summed E-state index contributed by atoms with van der Waals surface area (Å²) in [5.41, 5.74) is 1.87. The molecule has 0 spiro atoms. The second-order valence-corrected chi connectivity index (χ2v) is 10.3. The van der Waals surface area contributed by atoms with E-state index in [9.17, 15) is 21.6 Å². The third-order valence-corrected chi connectivity index (χ3v) is 6.47. The highest BCUT2D eigenvalue weighted by atomic mass is 32.2. The van der Waals surface area contributed by atoms with Crippen molar-refractivity contribution in [3.63, 3.8) is 0 Å². The van der Waals surface area contributed by atoms with Crippen molar-refractivity contribution in [3.05, 3.63) is 41.0 Å². The number of benzene rings is 2. The van der Waals surface area contributed by atoms with Gasteiger partial charge in [-0.25, -0.2) is 16.8 Å². The summed E-state index contributed by atoms with van der Waals surface area (Å²) in [6.07, 6.45) is 0.994. The van der Waals surface area contributed by atoms with Crippen molar-refractivity contribution < 1.29 is 26.4 Å². The van der Waals surface area contributed by atoms with E-state index in [0.717, 1.165) is 6.26 Å². The van der Waals surface area contributed by atoms with Gasteiger partial charge in [-0.1, -0.05) is 6.07 Å². The smallest absolute Gasteiger partial charge is 0.262 e. The lowest BCUT2D eigenvalue weighted by Gasteiger charge is -2.20. The van der Waals surface area contributed by atoms with Crippen LogP contribution in [0.2, 0.25) is 0 Å². The van der Waals surface area contributed by atoms with E-state index in [1.807, 2.05) is 0 Å². The second-order valence-electron chi connectivity index (χ2n) is 6.91. The Balaban J connectivity index is 2.63. The van der Waals surface area contributed by atoms with Crippen LogP contribution in [0.4, 0.5) is 17.1 Å². The summed E-state index contributed by atoms with van der Waals surface area (Å²) in [7, 11) is -6.33. The number of ether oxygens (including phenoxy) is 1. The number of carbonyl (C=O) groups is 1. The Morgan fingerprint density at radius 1 is 0.933 bits per heavy atom. The topological polar surface area (TPSA) is 131 Å². The average molecular weight is 456 g/mol. The van der Waals surface area contributed by atoms with Gasteiger partial charge in [-0.15, -0.1) is 0 Å². The standard InChI is InChI=1S/C19H25N3O6S2/c1-11-9-12(2)19(13(3)18(11)22-29(6,24)25)30(26,27)21-17-10-15(28-5)7-8-16(17)20-14(4)23/h7-10,21-22H,1-6H3,(H,20,23). The molecule has 0 atom stereocenters. The fourth-order valence-corrected chi connectivity index (χ4v) is 5.39. The Hall–Kier alpha value is -2.79. The SMILES string of the molecule is COc1ccc(NC(C)=O)c(NS(=O)(=O)c2c(C)cc(C)c(NS(C)(=O)=O)c2C)c1. The fourth-order valence-electron chi connectivity index (χ4n) is 3.15. The summed E-state index contributed by atoms with van der Waals surface area (Å²) in [6, 6.07) is 6.13. The number of hydrogen-bond acceptors (Lipinski definition) is 6. The zero-order valence-electron chi connectivity index (χ0n) is 17.6. The summed E-state index contributed by atoms with van der Waals surface area (Å²) in [4.78, 5) is 11.4. The van der Waals surface area contributed by atoms with Gasteiger partial charge in [-0.3, -0.25) is 14.2 Å². The van der Waals surface area contributed by atoms with Crippen molar-refractivity contribution in [2.75, 3.05) is 28.1 Å². The highest BCUT2D eigenvalue weighted by Gasteiger charge is 2.25. The van der Waals surface area contributed by atoms with E-state index < -0.39 is 20.0 Å². The van der Waals surface area contributed by atoms with Gasteiger partial charge in [0.05, 0.1) is 35.3 Å². The largest absolute Gasteiger partial charge is 0.497 e. The lowest BCUT2D eigenvalue weighted by Crippen LogP contribution is -2.20. The molecule has 0 saturated carbocycles. The number of nitrogens with one attached hydrogen (secondary N) is 3. The van der Waals surface area contributed by atoms with Gasteiger partial charge >= 0.3 is 0 Å². The zero-order valence-corrected chi connectivity index (χ0v) is 19.2. The zero-order chi connectivity index (χ0) is 22.9. The predicted molar refractivity (Wildman–Crippen MR) is 117 cm³/mol. The van der Waals surface area contributed by atoms with Gasteiger partial charge in [0.1, 0.15) is 5.75 Å². The first kappa shape index (κ1) is 23.5. The lowest BCUT2D eigenvalue weighted by atomic mass is 10.1. The van der Waals surface area contributed by atoms with E-state index in [-0.39, 0.29) is 33.4 Å². The number of hydrogen-bond donors (Lipinski definition) is 3. The first-order valence-corrected chi connectivity index (χ1v) is 12.2. The van der Waals surface area contributed by atoms with Crippen molar-refractivity contribution >= 4 is 43.0 Å². The third kappa shape index (κ3) is 5.42. The van der Waals surface area contributed by atoms with Crippen LogP contribution in [0.15, 0.2) is 29.2 Å². The fraction of sp³-hybridized carbons (Fsp3) is 0.316. The van der Waals surface area contributed by atoms with Crippen molar-refractivity contribution in [2.24, 2.45) is 0 Å². The van der Waals surface area contributed by atoms with Gasteiger partial charge in [0.25, 0.3) is 10.0 Å². The summed E-state index contributed by atoms with van der Waals surface area (Å²) in [5.74, 6) is 0.0153.